The summed E-state index contributed by atoms with van der Waals surface area (Å²) < 4.78 is 0. The molecule has 0 spiro atoms. The number of para-hydroxylation sites is 1. The maximum Gasteiger partial charge on any atom is 0.0360 e. The highest BCUT2D eigenvalue weighted by molar-refractivity contribution is 5.75. The smallest absolute Gasteiger partial charge is 0.0360 e. The topological polar surface area (TPSA) is 3.24 Å². The normalized spacial score (nSPS) is 6.31. The molecule has 1 aromatic carbocycles. The fourth-order valence-electron chi connectivity index (χ4n) is 0.726. The molecule has 75 valence electrons. The molecular formula is C8H14BF3N. The molecule has 13 heavy (non-hydrogen) atoms. The Balaban J connectivity index is -0.000000101. The van der Waals surface area contributed by atoms with Crippen LogP contribution in [0.2, 0.25) is 0 Å². The Morgan fingerprint density at radius 2 is 1.23 bits per heavy atom. The molecule has 0 unspecified atom stereocenters. The van der Waals surface area contributed by atoms with Crippen LogP contribution >= 0.6 is 0 Å². The van der Waals surface area contributed by atoms with Gasteiger partial charge in [-0.05, 0) is 12.1 Å². The molecule has 1 rings (SSSR count). The van der Waals surface area contributed by atoms with Crippen LogP contribution in [-0.2, 0) is 0 Å². The first-order valence-electron chi connectivity index (χ1n) is 3.03. The van der Waals surface area contributed by atoms with E-state index < -0.39 is 0 Å². The highest BCUT2D eigenvalue weighted by atomic mass is 19.0. The van der Waals surface area contributed by atoms with Crippen LogP contribution in [-0.4, -0.2) is 22.5 Å². The minimum atomic E-state index is 0. The lowest BCUT2D eigenvalue weighted by Gasteiger charge is -2.10. The van der Waals surface area contributed by atoms with Crippen LogP contribution in [0.15, 0.2) is 30.3 Å². The van der Waals surface area contributed by atoms with Crippen molar-refractivity contribution in [1.29, 1.82) is 0 Å². The van der Waals surface area contributed by atoms with Crippen LogP contribution in [0, 0.1) is 0 Å². The van der Waals surface area contributed by atoms with Crippen molar-refractivity contribution >= 4 is 14.1 Å². The summed E-state index contributed by atoms with van der Waals surface area (Å²) in [6.45, 7) is 0. The molecule has 0 amide bonds. The van der Waals surface area contributed by atoms with Gasteiger partial charge in [0.25, 0.3) is 0 Å². The lowest BCUT2D eigenvalue weighted by Crippen LogP contribution is -2.07. The maximum absolute atomic E-state index is 2.08. The van der Waals surface area contributed by atoms with Gasteiger partial charge in [0.1, 0.15) is 0 Å². The Bertz CT molecular complexity index is 182. The van der Waals surface area contributed by atoms with Gasteiger partial charge in [0.05, 0.1) is 0 Å². The van der Waals surface area contributed by atoms with E-state index in [4.69, 9.17) is 0 Å². The van der Waals surface area contributed by atoms with E-state index in [1.54, 1.807) is 0 Å². The van der Waals surface area contributed by atoms with E-state index in [1.807, 2.05) is 32.3 Å². The van der Waals surface area contributed by atoms with Gasteiger partial charge in [-0.3, -0.25) is 14.1 Å². The second-order valence-electron chi connectivity index (χ2n) is 2.23. The van der Waals surface area contributed by atoms with E-state index in [9.17, 15) is 0 Å². The van der Waals surface area contributed by atoms with Crippen LogP contribution in [0.1, 0.15) is 0 Å². The lowest BCUT2D eigenvalue weighted by molar-refractivity contribution is 1.11. The molecule has 0 heterocycles. The molecule has 3 radical (unpaired) electrons. The third-order valence-electron chi connectivity index (χ3n) is 1.27. The van der Waals surface area contributed by atoms with Gasteiger partial charge in [0.2, 0.25) is 0 Å². The Morgan fingerprint density at radius 3 is 1.46 bits per heavy atom. The Kier molecular flexibility index (Phi) is 18.9. The van der Waals surface area contributed by atoms with Gasteiger partial charge in [-0.2, -0.15) is 0 Å². The predicted molar refractivity (Wildman–Crippen MR) is 54.0 cm³/mol. The Hall–Kier alpha value is -1.13. The largest absolute Gasteiger partial charge is 0.378 e. The number of hydrogen-bond acceptors (Lipinski definition) is 1. The molecule has 0 aliphatic rings. The Labute approximate surface area is 78.4 Å². The van der Waals surface area contributed by atoms with Crippen LogP contribution in [0.4, 0.5) is 19.8 Å². The second kappa shape index (κ2) is 10.9. The van der Waals surface area contributed by atoms with E-state index in [1.165, 1.54) is 5.69 Å². The van der Waals surface area contributed by atoms with E-state index >= 15 is 0 Å². The summed E-state index contributed by atoms with van der Waals surface area (Å²) in [4.78, 5) is 2.08. The number of anilines is 1. The molecule has 0 saturated carbocycles. The third kappa shape index (κ3) is 7.24. The molecule has 1 aromatic rings. The van der Waals surface area contributed by atoms with Gasteiger partial charge < -0.3 is 4.90 Å². The number of benzene rings is 1. The summed E-state index contributed by atoms with van der Waals surface area (Å²) in [5.41, 5.74) is 1.25. The lowest BCUT2D eigenvalue weighted by atomic mass is 10.3. The van der Waals surface area contributed by atoms with Crippen molar-refractivity contribution in [3.05, 3.63) is 30.3 Å². The van der Waals surface area contributed by atoms with Gasteiger partial charge in [-0.15, -0.1) is 0 Å². The van der Waals surface area contributed by atoms with Crippen LogP contribution in [0.25, 0.3) is 0 Å². The SMILES string of the molecule is CN(C)c1ccccc1.F.F.F.[B]. The highest BCUT2D eigenvalue weighted by Gasteiger charge is 1.87. The monoisotopic (exact) mass is 192 g/mol. The van der Waals surface area contributed by atoms with Crippen LogP contribution < -0.4 is 4.90 Å². The van der Waals surface area contributed by atoms with E-state index in [-0.39, 0.29) is 22.5 Å². The zero-order valence-electron chi connectivity index (χ0n) is 7.64. The minimum absolute atomic E-state index is 0. The second-order valence-corrected chi connectivity index (χ2v) is 2.23. The van der Waals surface area contributed by atoms with Crippen LogP contribution in [0.3, 0.4) is 0 Å². The zero-order valence-corrected chi connectivity index (χ0v) is 7.64. The molecule has 0 fully saturated rings. The summed E-state index contributed by atoms with van der Waals surface area (Å²) in [6, 6.07) is 10.3. The standard InChI is InChI=1S/C8H11N.B.3FH/c1-9(2)8-6-4-3-5-7-8;;;;/h3-7H,1-2H3;;3*1H. The van der Waals surface area contributed by atoms with E-state index in [0.29, 0.717) is 0 Å². The summed E-state index contributed by atoms with van der Waals surface area (Å²) in [5, 5.41) is 0. The fourth-order valence-corrected chi connectivity index (χ4v) is 0.726. The summed E-state index contributed by atoms with van der Waals surface area (Å²) >= 11 is 0. The first-order valence-corrected chi connectivity index (χ1v) is 3.03. The van der Waals surface area contributed by atoms with Crippen molar-refractivity contribution in [1.82, 2.24) is 0 Å². The van der Waals surface area contributed by atoms with Crippen molar-refractivity contribution in [2.24, 2.45) is 0 Å². The zero-order chi connectivity index (χ0) is 6.69. The average Bonchev–Trinajstić information content (AvgIpc) is 1.90. The molecule has 0 aromatic heterocycles. The van der Waals surface area contributed by atoms with Crippen molar-refractivity contribution in [2.45, 2.75) is 0 Å². The minimum Gasteiger partial charge on any atom is -0.378 e. The molecule has 0 saturated heterocycles. The van der Waals surface area contributed by atoms with Crippen LogP contribution in [0.5, 0.6) is 0 Å². The molecule has 5 heteroatoms. The van der Waals surface area contributed by atoms with Crippen molar-refractivity contribution in [3.63, 3.8) is 0 Å². The number of rotatable bonds is 1. The number of halogens is 3. The molecular weight excluding hydrogens is 178 g/mol. The fraction of sp³-hybridized carbons (Fsp3) is 0.250. The molecule has 0 aliphatic heterocycles. The molecule has 0 atom stereocenters. The van der Waals surface area contributed by atoms with Crippen molar-refractivity contribution < 1.29 is 14.1 Å². The van der Waals surface area contributed by atoms with E-state index in [0.717, 1.165) is 0 Å². The molecule has 0 N–H and O–H groups in total. The van der Waals surface area contributed by atoms with Gasteiger partial charge in [-0.1, -0.05) is 18.2 Å². The molecule has 0 bridgehead atoms. The third-order valence-corrected chi connectivity index (χ3v) is 1.27. The quantitative estimate of drug-likeness (QED) is 0.613. The molecule has 1 nitrogen and oxygen atoms in total. The van der Waals surface area contributed by atoms with Gasteiger partial charge in [0.15, 0.2) is 0 Å². The maximum atomic E-state index is 2.08. The average molecular weight is 192 g/mol. The summed E-state index contributed by atoms with van der Waals surface area (Å²) in [5.74, 6) is 0. The van der Waals surface area contributed by atoms with Gasteiger partial charge in [-0.25, -0.2) is 0 Å². The first-order chi connectivity index (χ1) is 4.30. The van der Waals surface area contributed by atoms with Gasteiger partial charge >= 0.3 is 0 Å². The number of hydrogen-bond donors (Lipinski definition) is 0. The van der Waals surface area contributed by atoms with E-state index in [2.05, 4.69) is 17.0 Å². The molecule has 0 aliphatic carbocycles. The van der Waals surface area contributed by atoms with Gasteiger partial charge in [0, 0.05) is 28.2 Å². The Morgan fingerprint density at radius 1 is 0.846 bits per heavy atom. The highest BCUT2D eigenvalue weighted by Crippen LogP contribution is 2.07. The number of nitrogens with zero attached hydrogens (tertiary/aromatic N) is 1. The predicted octanol–water partition coefficient (Wildman–Crippen LogP) is 1.83. The summed E-state index contributed by atoms with van der Waals surface area (Å²) in [7, 11) is 4.07. The van der Waals surface area contributed by atoms with Crippen molar-refractivity contribution in [2.75, 3.05) is 19.0 Å². The summed E-state index contributed by atoms with van der Waals surface area (Å²) in [6.07, 6.45) is 0. The van der Waals surface area contributed by atoms with Crippen molar-refractivity contribution in [3.8, 4) is 0 Å². The first kappa shape index (κ1) is 22.6.